The van der Waals surface area contributed by atoms with Crippen molar-refractivity contribution in [2.45, 2.75) is 23.1 Å². The molecule has 4 aromatic carbocycles. The van der Waals surface area contributed by atoms with Gasteiger partial charge in [0.2, 0.25) is 5.91 Å². The molecule has 5 nitrogen and oxygen atoms in total. The van der Waals surface area contributed by atoms with Gasteiger partial charge in [-0.1, -0.05) is 57.5 Å². The van der Waals surface area contributed by atoms with Crippen LogP contribution in [0, 0.1) is 6.92 Å². The first-order valence-electron chi connectivity index (χ1n) is 11.1. The third-order valence-corrected chi connectivity index (χ3v) is 7.50. The predicted octanol–water partition coefficient (Wildman–Crippen LogP) is 6.69. The molecule has 0 radical (unpaired) electrons. The van der Waals surface area contributed by atoms with Gasteiger partial charge in [0.15, 0.2) is 0 Å². The smallest absolute Gasteiger partial charge is 0.261 e. The Morgan fingerprint density at radius 1 is 0.886 bits per heavy atom. The number of hydrogen-bond acceptors (Lipinski definition) is 4. The Morgan fingerprint density at radius 2 is 1.57 bits per heavy atom. The molecule has 7 heteroatoms. The van der Waals surface area contributed by atoms with Gasteiger partial charge in [-0.2, -0.15) is 0 Å². The molecule has 0 saturated carbocycles. The Morgan fingerprint density at radius 3 is 2.29 bits per heavy atom. The maximum atomic E-state index is 13.3. The van der Waals surface area contributed by atoms with Gasteiger partial charge in [-0.3, -0.25) is 19.3 Å². The predicted molar refractivity (Wildman–Crippen MR) is 142 cm³/mol. The van der Waals surface area contributed by atoms with Gasteiger partial charge < -0.3 is 5.32 Å². The van der Waals surface area contributed by atoms with E-state index in [1.807, 2.05) is 73.7 Å². The van der Waals surface area contributed by atoms with Crippen LogP contribution in [0.5, 0.6) is 0 Å². The number of nitrogens with one attached hydrogen (secondary N) is 1. The van der Waals surface area contributed by atoms with Crippen molar-refractivity contribution in [2.75, 3.05) is 11.9 Å². The summed E-state index contributed by atoms with van der Waals surface area (Å²) in [6, 6.07) is 24.7. The molecule has 1 aliphatic rings. The fourth-order valence-corrected chi connectivity index (χ4v) is 5.32. The highest BCUT2D eigenvalue weighted by Gasteiger charge is 2.33. The maximum Gasteiger partial charge on any atom is 0.261 e. The van der Waals surface area contributed by atoms with E-state index in [0.29, 0.717) is 22.2 Å². The number of anilines is 1. The largest absolute Gasteiger partial charge is 0.326 e. The van der Waals surface area contributed by atoms with E-state index >= 15 is 0 Å². The molecule has 4 aromatic rings. The lowest BCUT2D eigenvalue weighted by atomic mass is 9.94. The van der Waals surface area contributed by atoms with Crippen molar-refractivity contribution < 1.29 is 14.4 Å². The molecule has 0 spiro atoms. The summed E-state index contributed by atoms with van der Waals surface area (Å²) in [6.45, 7) is 1.99. The van der Waals surface area contributed by atoms with Gasteiger partial charge in [0, 0.05) is 49.4 Å². The van der Waals surface area contributed by atoms with Crippen molar-refractivity contribution in [1.82, 2.24) is 4.90 Å². The summed E-state index contributed by atoms with van der Waals surface area (Å²) in [5.74, 6) is -0.997. The normalized spacial score (nSPS) is 12.8. The van der Waals surface area contributed by atoms with E-state index in [4.69, 9.17) is 0 Å². The molecule has 0 saturated heterocycles. The highest BCUT2D eigenvalue weighted by atomic mass is 79.9. The van der Waals surface area contributed by atoms with E-state index in [1.54, 1.807) is 23.9 Å². The molecule has 0 aromatic heterocycles. The summed E-state index contributed by atoms with van der Waals surface area (Å²) in [6.07, 6.45) is 0.0220. The lowest BCUT2D eigenvalue weighted by Gasteiger charge is -2.27. The second-order valence-electron chi connectivity index (χ2n) is 8.32. The molecule has 0 fully saturated rings. The zero-order valence-electron chi connectivity index (χ0n) is 18.9. The second kappa shape index (κ2) is 9.68. The third-order valence-electron chi connectivity index (χ3n) is 5.89. The Bertz CT molecular complexity index is 1440. The molecule has 0 bridgehead atoms. The minimum Gasteiger partial charge on any atom is -0.326 e. The number of aryl methyl sites for hydroxylation is 1. The van der Waals surface area contributed by atoms with Crippen molar-refractivity contribution in [3.8, 4) is 0 Å². The number of nitrogens with zero attached hydrogens (tertiary/aromatic N) is 1. The zero-order chi connectivity index (χ0) is 24.5. The summed E-state index contributed by atoms with van der Waals surface area (Å²) in [4.78, 5) is 42.2. The molecule has 5 rings (SSSR count). The van der Waals surface area contributed by atoms with Crippen LogP contribution in [-0.2, 0) is 4.79 Å². The Hall–Kier alpha value is -3.42. The summed E-state index contributed by atoms with van der Waals surface area (Å²) in [5.41, 5.74) is 2.74. The van der Waals surface area contributed by atoms with Crippen molar-refractivity contribution in [1.29, 1.82) is 0 Å². The SMILES string of the molecule is Cc1ccc(NC(=O)CCN2C(=O)c3cccc4c(Sc5ccc(Br)cc5)ccc(c34)C2=O)cc1. The molecule has 0 unspecified atom stereocenters. The molecule has 0 atom stereocenters. The first-order chi connectivity index (χ1) is 16.9. The lowest BCUT2D eigenvalue weighted by Crippen LogP contribution is -2.41. The topological polar surface area (TPSA) is 66.5 Å². The average Bonchev–Trinajstić information content (AvgIpc) is 2.86. The van der Waals surface area contributed by atoms with Crippen molar-refractivity contribution >= 4 is 61.9 Å². The molecule has 1 N–H and O–H groups in total. The molecule has 0 aliphatic carbocycles. The number of amides is 3. The first kappa shape index (κ1) is 23.3. The van der Waals surface area contributed by atoms with Crippen LogP contribution in [0.1, 0.15) is 32.7 Å². The summed E-state index contributed by atoms with van der Waals surface area (Å²) in [5, 5.41) is 4.36. The van der Waals surface area contributed by atoms with Crippen LogP contribution in [0.2, 0.25) is 0 Å². The molecule has 3 amide bonds. The third kappa shape index (κ3) is 4.74. The highest BCUT2D eigenvalue weighted by molar-refractivity contribution is 9.10. The molecular weight excluding hydrogens is 524 g/mol. The van der Waals surface area contributed by atoms with Gasteiger partial charge in [0.1, 0.15) is 0 Å². The van der Waals surface area contributed by atoms with Gasteiger partial charge in [-0.15, -0.1) is 0 Å². The number of carbonyl (C=O) groups excluding carboxylic acids is 3. The van der Waals surface area contributed by atoms with E-state index in [0.717, 1.165) is 25.2 Å². The van der Waals surface area contributed by atoms with Crippen LogP contribution in [0.15, 0.2) is 93.1 Å². The Kier molecular flexibility index (Phi) is 6.45. The Labute approximate surface area is 215 Å². The van der Waals surface area contributed by atoms with Crippen LogP contribution >= 0.6 is 27.7 Å². The molecule has 1 heterocycles. The number of benzene rings is 4. The minimum atomic E-state index is -0.373. The Balaban J connectivity index is 1.38. The standard InChI is InChI=1S/C28H21BrN2O3S/c1-17-5-9-19(10-6-17)30-25(32)15-16-31-27(33)22-4-2-3-21-24(14-13-23(26(21)22)28(31)34)35-20-11-7-18(29)8-12-20/h2-14H,15-16H2,1H3,(H,30,32). The molecule has 35 heavy (non-hydrogen) atoms. The van der Waals surface area contributed by atoms with Gasteiger partial charge in [-0.25, -0.2) is 0 Å². The summed E-state index contributed by atoms with van der Waals surface area (Å²) >= 11 is 5.04. The number of imide groups is 1. The van der Waals surface area contributed by atoms with Gasteiger partial charge in [0.25, 0.3) is 11.8 Å². The van der Waals surface area contributed by atoms with E-state index in [2.05, 4.69) is 21.2 Å². The zero-order valence-corrected chi connectivity index (χ0v) is 21.3. The second-order valence-corrected chi connectivity index (χ2v) is 10.4. The van der Waals surface area contributed by atoms with Gasteiger partial charge >= 0.3 is 0 Å². The lowest BCUT2D eigenvalue weighted by molar-refractivity contribution is -0.116. The number of halogens is 1. The van der Waals surface area contributed by atoms with E-state index in [-0.39, 0.29) is 30.7 Å². The van der Waals surface area contributed by atoms with Crippen LogP contribution in [-0.4, -0.2) is 29.2 Å². The van der Waals surface area contributed by atoms with Crippen molar-refractivity contribution in [3.05, 3.63) is 100 Å². The number of rotatable bonds is 6. The van der Waals surface area contributed by atoms with E-state index in [9.17, 15) is 14.4 Å². The molecule has 174 valence electrons. The van der Waals surface area contributed by atoms with E-state index in [1.165, 1.54) is 4.90 Å². The maximum absolute atomic E-state index is 13.3. The van der Waals surface area contributed by atoms with Crippen LogP contribution in [0.25, 0.3) is 10.8 Å². The molecule has 1 aliphatic heterocycles. The summed E-state index contributed by atoms with van der Waals surface area (Å²) in [7, 11) is 0. The average molecular weight is 545 g/mol. The van der Waals surface area contributed by atoms with Gasteiger partial charge in [0.05, 0.1) is 0 Å². The monoisotopic (exact) mass is 544 g/mol. The quantitative estimate of drug-likeness (QED) is 0.274. The van der Waals surface area contributed by atoms with E-state index < -0.39 is 0 Å². The van der Waals surface area contributed by atoms with Crippen molar-refractivity contribution in [2.24, 2.45) is 0 Å². The number of hydrogen-bond donors (Lipinski definition) is 1. The fourth-order valence-electron chi connectivity index (χ4n) is 4.11. The first-order valence-corrected chi connectivity index (χ1v) is 12.7. The van der Waals surface area contributed by atoms with Crippen LogP contribution < -0.4 is 5.32 Å². The highest BCUT2D eigenvalue weighted by Crippen LogP contribution is 2.39. The van der Waals surface area contributed by atoms with Gasteiger partial charge in [-0.05, 0) is 66.9 Å². The summed E-state index contributed by atoms with van der Waals surface area (Å²) < 4.78 is 1.00. The molecular formula is C28H21BrN2O3S. The van der Waals surface area contributed by atoms with Crippen molar-refractivity contribution in [3.63, 3.8) is 0 Å². The minimum absolute atomic E-state index is 0.0145. The fraction of sp³-hybridized carbons (Fsp3) is 0.107. The van der Waals surface area contributed by atoms with Crippen LogP contribution in [0.4, 0.5) is 5.69 Å². The number of carbonyl (C=O) groups is 3. The van der Waals surface area contributed by atoms with Crippen LogP contribution in [0.3, 0.4) is 0 Å².